The van der Waals surface area contributed by atoms with Gasteiger partial charge in [0.25, 0.3) is 5.91 Å². The number of rotatable bonds is 4. The van der Waals surface area contributed by atoms with Gasteiger partial charge in [-0.2, -0.15) is 0 Å². The highest BCUT2D eigenvalue weighted by Crippen LogP contribution is 2.31. The Morgan fingerprint density at radius 1 is 1.52 bits per heavy atom. The van der Waals surface area contributed by atoms with Crippen LogP contribution in [0.4, 0.5) is 0 Å². The Hall–Kier alpha value is -2.15. The minimum absolute atomic E-state index is 0.0519. The SMILES string of the molecule is CC1(C(=O)O)CCCN1C(=O)c1ccnc(OC2CCOC2)c1. The van der Waals surface area contributed by atoms with Gasteiger partial charge < -0.3 is 19.5 Å². The summed E-state index contributed by atoms with van der Waals surface area (Å²) in [6.07, 6.45) is 3.39. The number of hydrogen-bond acceptors (Lipinski definition) is 5. The van der Waals surface area contributed by atoms with Crippen molar-refractivity contribution in [2.75, 3.05) is 19.8 Å². The van der Waals surface area contributed by atoms with E-state index in [1.165, 1.54) is 11.1 Å². The Balaban J connectivity index is 1.78. The van der Waals surface area contributed by atoms with E-state index in [1.807, 2.05) is 0 Å². The van der Waals surface area contributed by atoms with Crippen LogP contribution < -0.4 is 4.74 Å². The molecule has 0 aromatic carbocycles. The molecule has 2 saturated heterocycles. The highest BCUT2D eigenvalue weighted by molar-refractivity contribution is 5.98. The molecule has 23 heavy (non-hydrogen) atoms. The smallest absolute Gasteiger partial charge is 0.329 e. The van der Waals surface area contributed by atoms with E-state index in [0.29, 0.717) is 44.0 Å². The van der Waals surface area contributed by atoms with Crippen LogP contribution in [0.3, 0.4) is 0 Å². The molecule has 3 heterocycles. The molecule has 1 aromatic heterocycles. The summed E-state index contributed by atoms with van der Waals surface area (Å²) in [6, 6.07) is 3.15. The van der Waals surface area contributed by atoms with Crippen molar-refractivity contribution < 1.29 is 24.2 Å². The number of carbonyl (C=O) groups is 2. The molecule has 0 saturated carbocycles. The van der Waals surface area contributed by atoms with E-state index in [2.05, 4.69) is 4.98 Å². The van der Waals surface area contributed by atoms with Gasteiger partial charge in [0.1, 0.15) is 11.6 Å². The lowest BCUT2D eigenvalue weighted by atomic mass is 9.98. The Morgan fingerprint density at radius 2 is 2.35 bits per heavy atom. The van der Waals surface area contributed by atoms with Gasteiger partial charge in [-0.1, -0.05) is 0 Å². The molecule has 2 fully saturated rings. The van der Waals surface area contributed by atoms with Crippen molar-refractivity contribution in [1.29, 1.82) is 0 Å². The number of likely N-dealkylation sites (tertiary alicyclic amines) is 1. The number of carbonyl (C=O) groups excluding carboxylic acids is 1. The number of aliphatic carboxylic acids is 1. The molecule has 1 N–H and O–H groups in total. The molecule has 2 aliphatic rings. The van der Waals surface area contributed by atoms with Crippen molar-refractivity contribution in [3.8, 4) is 5.88 Å². The topological polar surface area (TPSA) is 89.0 Å². The molecule has 0 radical (unpaired) electrons. The molecule has 1 aromatic rings. The molecule has 124 valence electrons. The Kier molecular flexibility index (Phi) is 4.21. The summed E-state index contributed by atoms with van der Waals surface area (Å²) in [5, 5.41) is 9.44. The first kappa shape index (κ1) is 15.7. The normalized spacial score (nSPS) is 27.2. The largest absolute Gasteiger partial charge is 0.480 e. The van der Waals surface area contributed by atoms with Crippen molar-refractivity contribution in [3.63, 3.8) is 0 Å². The average molecular weight is 320 g/mol. The van der Waals surface area contributed by atoms with Gasteiger partial charge in [-0.15, -0.1) is 0 Å². The van der Waals surface area contributed by atoms with Crippen molar-refractivity contribution in [1.82, 2.24) is 9.88 Å². The number of carboxylic acids is 1. The molecule has 2 atom stereocenters. The summed E-state index contributed by atoms with van der Waals surface area (Å²) >= 11 is 0. The molecule has 2 aliphatic heterocycles. The average Bonchev–Trinajstić information content (AvgIpc) is 3.17. The number of nitrogens with zero attached hydrogens (tertiary/aromatic N) is 2. The zero-order valence-electron chi connectivity index (χ0n) is 13.0. The lowest BCUT2D eigenvalue weighted by Crippen LogP contribution is -2.50. The van der Waals surface area contributed by atoms with Crippen molar-refractivity contribution in [3.05, 3.63) is 23.9 Å². The van der Waals surface area contributed by atoms with Crippen molar-refractivity contribution >= 4 is 11.9 Å². The zero-order chi connectivity index (χ0) is 16.4. The minimum atomic E-state index is -1.15. The number of amides is 1. The van der Waals surface area contributed by atoms with E-state index in [1.54, 1.807) is 19.1 Å². The number of pyridine rings is 1. The second-order valence-corrected chi connectivity index (χ2v) is 6.13. The van der Waals surface area contributed by atoms with Crippen LogP contribution in [-0.2, 0) is 9.53 Å². The maximum atomic E-state index is 12.7. The Morgan fingerprint density at radius 3 is 3.04 bits per heavy atom. The van der Waals surface area contributed by atoms with Crippen LogP contribution in [-0.4, -0.2) is 58.3 Å². The molecule has 1 amide bonds. The fourth-order valence-corrected chi connectivity index (χ4v) is 3.05. The first-order valence-electron chi connectivity index (χ1n) is 7.76. The predicted molar refractivity (Wildman–Crippen MR) is 80.4 cm³/mol. The summed E-state index contributed by atoms with van der Waals surface area (Å²) in [6.45, 7) is 3.21. The zero-order valence-corrected chi connectivity index (χ0v) is 13.0. The summed E-state index contributed by atoms with van der Waals surface area (Å²) < 4.78 is 11.0. The molecule has 0 aliphatic carbocycles. The van der Waals surface area contributed by atoms with Crippen LogP contribution in [0.15, 0.2) is 18.3 Å². The van der Waals surface area contributed by atoms with E-state index < -0.39 is 11.5 Å². The minimum Gasteiger partial charge on any atom is -0.480 e. The van der Waals surface area contributed by atoms with Crippen LogP contribution >= 0.6 is 0 Å². The number of carboxylic acid groups (broad SMARTS) is 1. The molecule has 7 heteroatoms. The predicted octanol–water partition coefficient (Wildman–Crippen LogP) is 1.33. The molecule has 3 rings (SSSR count). The molecular formula is C16H20N2O5. The van der Waals surface area contributed by atoms with Gasteiger partial charge in [-0.05, 0) is 25.8 Å². The van der Waals surface area contributed by atoms with Gasteiger partial charge in [0.2, 0.25) is 5.88 Å². The van der Waals surface area contributed by atoms with Crippen LogP contribution in [0.25, 0.3) is 0 Å². The van der Waals surface area contributed by atoms with Crippen molar-refractivity contribution in [2.45, 2.75) is 37.8 Å². The second kappa shape index (κ2) is 6.16. The third kappa shape index (κ3) is 3.01. The number of ether oxygens (including phenoxy) is 2. The van der Waals surface area contributed by atoms with Gasteiger partial charge in [-0.3, -0.25) is 4.79 Å². The highest BCUT2D eigenvalue weighted by Gasteiger charge is 2.46. The Labute approximate surface area is 134 Å². The first-order valence-corrected chi connectivity index (χ1v) is 7.76. The van der Waals surface area contributed by atoms with Crippen LogP contribution in [0.5, 0.6) is 5.88 Å². The van der Waals surface area contributed by atoms with E-state index >= 15 is 0 Å². The maximum Gasteiger partial charge on any atom is 0.329 e. The first-order chi connectivity index (χ1) is 11.0. The van der Waals surface area contributed by atoms with Gasteiger partial charge in [0, 0.05) is 30.8 Å². The summed E-state index contributed by atoms with van der Waals surface area (Å²) in [5.41, 5.74) is -0.760. The molecular weight excluding hydrogens is 300 g/mol. The molecule has 7 nitrogen and oxygen atoms in total. The lowest BCUT2D eigenvalue weighted by molar-refractivity contribution is -0.147. The number of hydrogen-bond donors (Lipinski definition) is 1. The van der Waals surface area contributed by atoms with Crippen LogP contribution in [0.2, 0.25) is 0 Å². The van der Waals surface area contributed by atoms with E-state index in [4.69, 9.17) is 9.47 Å². The second-order valence-electron chi connectivity index (χ2n) is 6.13. The van der Waals surface area contributed by atoms with Gasteiger partial charge >= 0.3 is 5.97 Å². The number of aromatic nitrogens is 1. The van der Waals surface area contributed by atoms with E-state index in [-0.39, 0.29) is 12.0 Å². The molecule has 0 bridgehead atoms. The monoisotopic (exact) mass is 320 g/mol. The molecule has 0 spiro atoms. The summed E-state index contributed by atoms with van der Waals surface area (Å²) in [4.78, 5) is 29.8. The standard InChI is InChI=1S/C16H20N2O5/c1-16(15(20)21)5-2-7-18(16)14(19)11-3-6-17-13(9-11)23-12-4-8-22-10-12/h3,6,9,12H,2,4-5,7-8,10H2,1H3,(H,20,21). The Bertz CT molecular complexity index is 614. The summed E-state index contributed by atoms with van der Waals surface area (Å²) in [5.74, 6) is -0.915. The lowest BCUT2D eigenvalue weighted by Gasteiger charge is -2.31. The van der Waals surface area contributed by atoms with E-state index in [9.17, 15) is 14.7 Å². The maximum absolute atomic E-state index is 12.7. The van der Waals surface area contributed by atoms with Gasteiger partial charge in [0.15, 0.2) is 0 Å². The van der Waals surface area contributed by atoms with Gasteiger partial charge in [-0.25, -0.2) is 9.78 Å². The van der Waals surface area contributed by atoms with Crippen LogP contribution in [0.1, 0.15) is 36.5 Å². The van der Waals surface area contributed by atoms with Crippen molar-refractivity contribution in [2.24, 2.45) is 0 Å². The van der Waals surface area contributed by atoms with Crippen LogP contribution in [0, 0.1) is 0 Å². The third-order valence-electron chi connectivity index (χ3n) is 4.50. The fourth-order valence-electron chi connectivity index (χ4n) is 3.05. The van der Waals surface area contributed by atoms with E-state index in [0.717, 1.165) is 6.42 Å². The quantitative estimate of drug-likeness (QED) is 0.900. The molecule has 2 unspecified atom stereocenters. The third-order valence-corrected chi connectivity index (χ3v) is 4.50. The summed E-state index contributed by atoms with van der Waals surface area (Å²) in [7, 11) is 0. The highest BCUT2D eigenvalue weighted by atomic mass is 16.5. The van der Waals surface area contributed by atoms with Gasteiger partial charge in [0.05, 0.1) is 13.2 Å². The fraction of sp³-hybridized carbons (Fsp3) is 0.562.